The molecule has 3 nitrogen and oxygen atoms in total. The van der Waals surface area contributed by atoms with Crippen LogP contribution in [0.25, 0.3) is 0 Å². The minimum absolute atomic E-state index is 0.0364. The van der Waals surface area contributed by atoms with Crippen LogP contribution in [0.5, 0.6) is 11.5 Å². The number of anilines is 1. The number of ether oxygens (including phenoxy) is 2. The summed E-state index contributed by atoms with van der Waals surface area (Å²) in [6.45, 7) is 4.17. The lowest BCUT2D eigenvalue weighted by molar-refractivity contribution is -0.274. The molecule has 144 valence electrons. The van der Waals surface area contributed by atoms with Gasteiger partial charge in [-0.25, -0.2) is 0 Å². The Bertz CT molecular complexity index is 868. The Morgan fingerprint density at radius 1 is 1.19 bits per heavy atom. The number of alkyl halides is 3. The van der Waals surface area contributed by atoms with Crippen LogP contribution in [-0.2, 0) is 5.41 Å². The van der Waals surface area contributed by atoms with E-state index in [1.54, 1.807) is 24.9 Å². The molecule has 0 amide bonds. The molecule has 0 aromatic heterocycles. The summed E-state index contributed by atoms with van der Waals surface area (Å²) in [5.74, 6) is 1.71. The van der Waals surface area contributed by atoms with E-state index in [0.29, 0.717) is 0 Å². The minimum atomic E-state index is -4.70. The molecule has 4 rings (SSSR count). The molecule has 2 aromatic rings. The first kappa shape index (κ1) is 18.3. The maximum Gasteiger partial charge on any atom is 0.573 e. The molecule has 1 N–H and O–H groups in total. The van der Waals surface area contributed by atoms with E-state index < -0.39 is 6.36 Å². The van der Waals surface area contributed by atoms with Crippen LogP contribution in [0.3, 0.4) is 0 Å². The van der Waals surface area contributed by atoms with Crippen LogP contribution in [0.1, 0.15) is 31.0 Å². The molecule has 0 spiro atoms. The second-order valence-corrected chi connectivity index (χ2v) is 8.45. The van der Waals surface area contributed by atoms with E-state index in [4.69, 9.17) is 4.74 Å². The molecule has 2 aromatic carbocycles. The quantitative estimate of drug-likeness (QED) is 0.700. The molecule has 7 heteroatoms. The van der Waals surface area contributed by atoms with Crippen molar-refractivity contribution in [1.82, 2.24) is 0 Å². The van der Waals surface area contributed by atoms with Gasteiger partial charge in [0.05, 0.1) is 13.2 Å². The Balaban J connectivity index is 1.79. The number of methoxy groups -OCH3 is 1. The van der Waals surface area contributed by atoms with E-state index in [9.17, 15) is 13.2 Å². The molecule has 0 fully saturated rings. The van der Waals surface area contributed by atoms with Gasteiger partial charge in [-0.2, -0.15) is 0 Å². The molecule has 0 aliphatic carbocycles. The van der Waals surface area contributed by atoms with Crippen LogP contribution in [-0.4, -0.2) is 19.2 Å². The summed E-state index contributed by atoms with van der Waals surface area (Å²) in [5.41, 5.74) is 2.46. The molecule has 27 heavy (non-hydrogen) atoms. The summed E-state index contributed by atoms with van der Waals surface area (Å²) in [4.78, 5) is 1.18. The number of fused-ring (bicyclic) bond motifs is 4. The minimum Gasteiger partial charge on any atom is -0.496 e. The van der Waals surface area contributed by atoms with Crippen molar-refractivity contribution in [3.05, 3.63) is 47.5 Å². The van der Waals surface area contributed by atoms with E-state index in [-0.39, 0.29) is 23.1 Å². The van der Waals surface area contributed by atoms with Crippen LogP contribution < -0.4 is 14.8 Å². The van der Waals surface area contributed by atoms with E-state index in [1.165, 1.54) is 17.0 Å². The summed E-state index contributed by atoms with van der Waals surface area (Å²) < 4.78 is 47.6. The first-order valence-corrected chi connectivity index (χ1v) is 9.66. The highest BCUT2D eigenvalue weighted by Gasteiger charge is 2.47. The zero-order valence-electron chi connectivity index (χ0n) is 15.2. The number of hydrogen-bond acceptors (Lipinski definition) is 4. The van der Waals surface area contributed by atoms with Crippen LogP contribution in [0.2, 0.25) is 0 Å². The van der Waals surface area contributed by atoms with Gasteiger partial charge in [0.2, 0.25) is 0 Å². The molecule has 2 aliphatic rings. The molecule has 0 bridgehead atoms. The number of thioether (sulfide) groups is 1. The van der Waals surface area contributed by atoms with Crippen molar-refractivity contribution in [3.63, 3.8) is 0 Å². The lowest BCUT2D eigenvalue weighted by Crippen LogP contribution is -2.44. The SMILES string of the molecule is COc1cccc2c1[C@H]1Nc3ccc(OC(F)(F)F)cc3C(C)(C)[C@H]1CS2. The molecule has 2 atom stereocenters. The van der Waals surface area contributed by atoms with Gasteiger partial charge < -0.3 is 14.8 Å². The standard InChI is InChI=1S/C20H20F3NO2S/c1-19(2)12-9-11(26-20(21,22)23)7-8-14(12)24-18-13(19)10-27-16-6-4-5-15(25-3)17(16)18/h4-9,13,18,24H,10H2,1-3H3/t13-,18-/m0/s1. The topological polar surface area (TPSA) is 30.5 Å². The highest BCUT2D eigenvalue weighted by Crippen LogP contribution is 2.56. The normalized spacial score (nSPS) is 22.7. The van der Waals surface area contributed by atoms with Crippen molar-refractivity contribution in [1.29, 1.82) is 0 Å². The number of rotatable bonds is 2. The van der Waals surface area contributed by atoms with Crippen molar-refractivity contribution >= 4 is 17.4 Å². The smallest absolute Gasteiger partial charge is 0.496 e. The highest BCUT2D eigenvalue weighted by atomic mass is 32.2. The number of halogens is 3. The zero-order valence-corrected chi connectivity index (χ0v) is 16.0. The predicted octanol–water partition coefficient (Wildman–Crippen LogP) is 5.76. The van der Waals surface area contributed by atoms with Crippen molar-refractivity contribution in [2.45, 2.75) is 36.6 Å². The fraction of sp³-hybridized carbons (Fsp3) is 0.400. The zero-order chi connectivity index (χ0) is 19.4. The van der Waals surface area contributed by atoms with E-state index in [2.05, 4.69) is 30.0 Å². The highest BCUT2D eigenvalue weighted by molar-refractivity contribution is 7.99. The average Bonchev–Trinajstić information content (AvgIpc) is 2.60. The molecular formula is C20H20F3NO2S. The van der Waals surface area contributed by atoms with Crippen LogP contribution in [0.4, 0.5) is 18.9 Å². The average molecular weight is 395 g/mol. The van der Waals surface area contributed by atoms with Crippen molar-refractivity contribution in [2.24, 2.45) is 5.92 Å². The molecule has 0 saturated heterocycles. The number of benzene rings is 2. The Morgan fingerprint density at radius 3 is 2.67 bits per heavy atom. The Kier molecular flexibility index (Phi) is 4.25. The van der Waals surface area contributed by atoms with Crippen molar-refractivity contribution in [3.8, 4) is 11.5 Å². The van der Waals surface area contributed by atoms with E-state index >= 15 is 0 Å². The molecule has 0 radical (unpaired) electrons. The molecule has 2 heterocycles. The maximum absolute atomic E-state index is 12.6. The largest absolute Gasteiger partial charge is 0.573 e. The number of nitrogens with one attached hydrogen (secondary N) is 1. The molecule has 0 saturated carbocycles. The van der Waals surface area contributed by atoms with Crippen LogP contribution in [0.15, 0.2) is 41.3 Å². The van der Waals surface area contributed by atoms with Gasteiger partial charge in [0, 0.05) is 27.8 Å². The van der Waals surface area contributed by atoms with Gasteiger partial charge in [-0.3, -0.25) is 0 Å². The van der Waals surface area contributed by atoms with Gasteiger partial charge in [0.1, 0.15) is 11.5 Å². The third-order valence-corrected chi connectivity index (χ3v) is 6.73. The van der Waals surface area contributed by atoms with Gasteiger partial charge in [-0.15, -0.1) is 24.9 Å². The second kappa shape index (κ2) is 6.26. The van der Waals surface area contributed by atoms with Gasteiger partial charge in [0.25, 0.3) is 0 Å². The summed E-state index contributed by atoms with van der Waals surface area (Å²) in [7, 11) is 1.66. The lowest BCUT2D eigenvalue weighted by Gasteiger charge is -2.49. The molecule has 0 unspecified atom stereocenters. The fourth-order valence-corrected chi connectivity index (χ4v) is 5.68. The van der Waals surface area contributed by atoms with Gasteiger partial charge in [-0.1, -0.05) is 19.9 Å². The summed E-state index contributed by atoms with van der Waals surface area (Å²) in [5, 5.41) is 3.55. The third-order valence-electron chi connectivity index (χ3n) is 5.53. The van der Waals surface area contributed by atoms with E-state index in [0.717, 1.165) is 28.3 Å². The fourth-order valence-electron chi connectivity index (χ4n) is 4.16. The van der Waals surface area contributed by atoms with Crippen LogP contribution >= 0.6 is 11.8 Å². The van der Waals surface area contributed by atoms with Gasteiger partial charge >= 0.3 is 6.36 Å². The summed E-state index contributed by atoms with van der Waals surface area (Å²) in [6, 6.07) is 10.6. The Morgan fingerprint density at radius 2 is 1.96 bits per heavy atom. The summed E-state index contributed by atoms with van der Waals surface area (Å²) >= 11 is 1.76. The van der Waals surface area contributed by atoms with E-state index in [1.807, 2.05) is 12.1 Å². The second-order valence-electron chi connectivity index (χ2n) is 7.39. The first-order chi connectivity index (χ1) is 12.7. The van der Waals surface area contributed by atoms with Crippen molar-refractivity contribution < 1.29 is 22.6 Å². The molecular weight excluding hydrogens is 375 g/mol. The lowest BCUT2D eigenvalue weighted by atomic mass is 9.66. The number of hydrogen-bond donors (Lipinski definition) is 1. The summed E-state index contributed by atoms with van der Waals surface area (Å²) in [6.07, 6.45) is -4.70. The first-order valence-electron chi connectivity index (χ1n) is 8.67. The Labute approximate surface area is 160 Å². The van der Waals surface area contributed by atoms with Gasteiger partial charge in [0.15, 0.2) is 0 Å². The monoisotopic (exact) mass is 395 g/mol. The molecule has 2 aliphatic heterocycles. The predicted molar refractivity (Wildman–Crippen MR) is 99.7 cm³/mol. The third kappa shape index (κ3) is 3.12. The Hall–Kier alpha value is -2.02. The maximum atomic E-state index is 12.6. The van der Waals surface area contributed by atoms with Crippen molar-refractivity contribution in [2.75, 3.05) is 18.2 Å². The van der Waals surface area contributed by atoms with Crippen LogP contribution in [0, 0.1) is 5.92 Å². The van der Waals surface area contributed by atoms with Gasteiger partial charge in [-0.05, 0) is 41.3 Å².